The second kappa shape index (κ2) is 6.87. The minimum absolute atomic E-state index is 0.484. The summed E-state index contributed by atoms with van der Waals surface area (Å²) in [6.07, 6.45) is 8.55. The zero-order valence-electron chi connectivity index (χ0n) is 13.5. The van der Waals surface area contributed by atoms with Crippen LogP contribution >= 0.6 is 0 Å². The fraction of sp³-hybridized carbons (Fsp3) is 0.400. The Morgan fingerprint density at radius 3 is 2.27 bits per heavy atom. The van der Waals surface area contributed by atoms with E-state index in [2.05, 4.69) is 48.1 Å². The van der Waals surface area contributed by atoms with Crippen molar-refractivity contribution in [3.8, 4) is 0 Å². The van der Waals surface area contributed by atoms with E-state index in [1.165, 1.54) is 30.5 Å². The molecule has 2 heteroatoms. The topological polar surface area (TPSA) is 25.8 Å². The van der Waals surface area contributed by atoms with Crippen molar-refractivity contribution in [2.45, 2.75) is 45.4 Å². The van der Waals surface area contributed by atoms with E-state index < -0.39 is 0 Å². The number of aromatic nitrogens is 2. The summed E-state index contributed by atoms with van der Waals surface area (Å²) >= 11 is 0. The first kappa shape index (κ1) is 15.0. The molecule has 0 radical (unpaired) electrons. The lowest BCUT2D eigenvalue weighted by Crippen LogP contribution is -2.29. The van der Waals surface area contributed by atoms with Gasteiger partial charge in [-0.15, -0.1) is 0 Å². The molecule has 0 aromatic carbocycles. The van der Waals surface area contributed by atoms with E-state index in [-0.39, 0.29) is 0 Å². The van der Waals surface area contributed by atoms with Gasteiger partial charge in [-0.2, -0.15) is 0 Å². The van der Waals surface area contributed by atoms with Crippen molar-refractivity contribution < 1.29 is 0 Å². The molecule has 0 bridgehead atoms. The number of pyridine rings is 2. The van der Waals surface area contributed by atoms with Crippen molar-refractivity contribution >= 4 is 5.57 Å². The highest BCUT2D eigenvalue weighted by Gasteiger charge is 2.41. The molecule has 0 amide bonds. The van der Waals surface area contributed by atoms with E-state index in [1.807, 2.05) is 24.5 Å². The van der Waals surface area contributed by atoms with Crippen LogP contribution in [0.4, 0.5) is 0 Å². The second-order valence-corrected chi connectivity index (χ2v) is 6.03. The lowest BCUT2D eigenvalue weighted by atomic mass is 9.62. The summed E-state index contributed by atoms with van der Waals surface area (Å²) in [5.74, 6) is 1.05. The molecule has 3 rings (SSSR count). The molecule has 0 unspecified atom stereocenters. The molecule has 1 aliphatic rings. The summed E-state index contributed by atoms with van der Waals surface area (Å²) in [5.41, 5.74) is 5.43. The Balaban J connectivity index is 2.04. The maximum absolute atomic E-state index is 4.64. The highest BCUT2D eigenvalue weighted by atomic mass is 14.7. The van der Waals surface area contributed by atoms with Crippen molar-refractivity contribution in [2.24, 2.45) is 5.92 Å². The Bertz CT molecular complexity index is 631. The first-order chi connectivity index (χ1) is 10.9. The van der Waals surface area contributed by atoms with Gasteiger partial charge in [0.1, 0.15) is 0 Å². The van der Waals surface area contributed by atoms with E-state index in [0.29, 0.717) is 11.8 Å². The Morgan fingerprint density at radius 2 is 1.68 bits per heavy atom. The molecular weight excluding hydrogens is 268 g/mol. The van der Waals surface area contributed by atoms with Crippen LogP contribution in [0.2, 0.25) is 0 Å². The lowest BCUT2D eigenvalue weighted by molar-refractivity contribution is 0.455. The van der Waals surface area contributed by atoms with Crippen LogP contribution in [0, 0.1) is 5.92 Å². The highest BCUT2D eigenvalue weighted by molar-refractivity contribution is 5.77. The van der Waals surface area contributed by atoms with E-state index >= 15 is 0 Å². The summed E-state index contributed by atoms with van der Waals surface area (Å²) in [6.45, 7) is 4.52. The maximum Gasteiger partial charge on any atom is 0.0664 e. The molecule has 2 aromatic rings. The minimum atomic E-state index is 0.484. The fourth-order valence-electron chi connectivity index (χ4n) is 3.72. The van der Waals surface area contributed by atoms with Crippen molar-refractivity contribution in [2.75, 3.05) is 0 Å². The summed E-state index contributed by atoms with van der Waals surface area (Å²) in [5, 5.41) is 0. The van der Waals surface area contributed by atoms with Crippen LogP contribution in [0.5, 0.6) is 0 Å². The number of hydrogen-bond donors (Lipinski definition) is 0. The van der Waals surface area contributed by atoms with E-state index in [4.69, 9.17) is 0 Å². The molecule has 0 N–H and O–H groups in total. The van der Waals surface area contributed by atoms with E-state index in [9.17, 15) is 0 Å². The molecule has 2 heterocycles. The van der Waals surface area contributed by atoms with Crippen LogP contribution in [0.3, 0.4) is 0 Å². The third-order valence-electron chi connectivity index (χ3n) is 4.56. The molecule has 2 atom stereocenters. The largest absolute Gasteiger partial charge is 0.261 e. The summed E-state index contributed by atoms with van der Waals surface area (Å²) in [4.78, 5) is 9.25. The Hall–Kier alpha value is -1.96. The van der Waals surface area contributed by atoms with Gasteiger partial charge in [-0.25, -0.2) is 0 Å². The summed E-state index contributed by atoms with van der Waals surface area (Å²) in [6, 6.07) is 12.5. The number of nitrogens with zero attached hydrogens (tertiary/aromatic N) is 2. The molecule has 1 aliphatic carbocycles. The Morgan fingerprint density at radius 1 is 0.909 bits per heavy atom. The van der Waals surface area contributed by atoms with Crippen LogP contribution in [0.15, 0.2) is 54.4 Å². The van der Waals surface area contributed by atoms with Gasteiger partial charge in [0.25, 0.3) is 0 Å². The maximum atomic E-state index is 4.64. The lowest BCUT2D eigenvalue weighted by Gasteiger charge is -2.42. The van der Waals surface area contributed by atoms with Gasteiger partial charge in [0, 0.05) is 24.0 Å². The predicted molar refractivity (Wildman–Crippen MR) is 91.4 cm³/mol. The first-order valence-electron chi connectivity index (χ1n) is 8.42. The number of rotatable bonds is 6. The first-order valence-corrected chi connectivity index (χ1v) is 8.42. The van der Waals surface area contributed by atoms with E-state index in [1.54, 1.807) is 5.57 Å². The van der Waals surface area contributed by atoms with Crippen LogP contribution < -0.4 is 0 Å². The highest BCUT2D eigenvalue weighted by Crippen LogP contribution is 2.54. The van der Waals surface area contributed by atoms with Gasteiger partial charge in [-0.3, -0.25) is 9.97 Å². The normalized spacial score (nSPS) is 20.8. The van der Waals surface area contributed by atoms with Gasteiger partial charge in [0.2, 0.25) is 0 Å². The molecular formula is C20H24N2. The number of hydrogen-bond acceptors (Lipinski definition) is 2. The van der Waals surface area contributed by atoms with Gasteiger partial charge < -0.3 is 0 Å². The van der Waals surface area contributed by atoms with Crippen molar-refractivity contribution in [1.29, 1.82) is 0 Å². The van der Waals surface area contributed by atoms with Gasteiger partial charge in [0.15, 0.2) is 0 Å². The second-order valence-electron chi connectivity index (χ2n) is 6.03. The minimum Gasteiger partial charge on any atom is -0.261 e. The van der Waals surface area contributed by atoms with Crippen LogP contribution in [-0.2, 0) is 0 Å². The van der Waals surface area contributed by atoms with Crippen LogP contribution in [-0.4, -0.2) is 9.97 Å². The standard InChI is InChI=1S/C20H24N2/c1-3-9-15-19(17-11-5-7-13-21-17)16(10-4-2)20(15)18-12-6-8-14-22-18/h5-8,11-15,19H,3-4,9-10H2,1-2H3/t15-,19-/m1/s1. The van der Waals surface area contributed by atoms with Gasteiger partial charge in [-0.05, 0) is 48.6 Å². The summed E-state index contributed by atoms with van der Waals surface area (Å²) in [7, 11) is 0. The van der Waals surface area contributed by atoms with Crippen molar-refractivity contribution in [3.05, 3.63) is 65.8 Å². The molecule has 2 nitrogen and oxygen atoms in total. The van der Waals surface area contributed by atoms with Gasteiger partial charge in [0.05, 0.1) is 5.69 Å². The molecule has 0 fully saturated rings. The molecule has 0 aliphatic heterocycles. The van der Waals surface area contributed by atoms with Crippen LogP contribution in [0.25, 0.3) is 5.57 Å². The number of allylic oxidation sites excluding steroid dienone is 2. The smallest absolute Gasteiger partial charge is 0.0664 e. The zero-order valence-corrected chi connectivity index (χ0v) is 13.5. The average molecular weight is 292 g/mol. The van der Waals surface area contributed by atoms with Crippen LogP contribution in [0.1, 0.15) is 56.8 Å². The Kier molecular flexibility index (Phi) is 4.67. The van der Waals surface area contributed by atoms with Gasteiger partial charge >= 0.3 is 0 Å². The predicted octanol–water partition coefficient (Wildman–Crippen LogP) is 5.24. The van der Waals surface area contributed by atoms with Crippen molar-refractivity contribution in [3.63, 3.8) is 0 Å². The molecule has 0 saturated carbocycles. The zero-order chi connectivity index (χ0) is 15.4. The molecule has 0 spiro atoms. The SMILES string of the molecule is CCCC1=C(c2ccccn2)[C@H](CCC)[C@H]1c1ccccn1. The molecule has 0 saturated heterocycles. The average Bonchev–Trinajstić information content (AvgIpc) is 2.56. The summed E-state index contributed by atoms with van der Waals surface area (Å²) < 4.78 is 0. The third-order valence-corrected chi connectivity index (χ3v) is 4.56. The third kappa shape index (κ3) is 2.70. The van der Waals surface area contributed by atoms with Crippen molar-refractivity contribution in [1.82, 2.24) is 9.97 Å². The Labute approximate surface area is 133 Å². The quantitative estimate of drug-likeness (QED) is 0.727. The molecule has 2 aromatic heterocycles. The van der Waals surface area contributed by atoms with E-state index in [0.717, 1.165) is 12.1 Å². The fourth-order valence-corrected chi connectivity index (χ4v) is 3.72. The molecule has 114 valence electrons. The monoisotopic (exact) mass is 292 g/mol. The van der Waals surface area contributed by atoms with Gasteiger partial charge in [-0.1, -0.05) is 44.4 Å². The molecule has 22 heavy (non-hydrogen) atoms.